The van der Waals surface area contributed by atoms with E-state index in [-0.39, 0.29) is 24.4 Å². The van der Waals surface area contributed by atoms with Gasteiger partial charge in [-0.25, -0.2) is 0 Å². The number of hydrogen-bond acceptors (Lipinski definition) is 3. The molecule has 2 N–H and O–H groups in total. The lowest BCUT2D eigenvalue weighted by molar-refractivity contribution is -0.144. The van der Waals surface area contributed by atoms with E-state index in [4.69, 9.17) is 16.7 Å². The SMILES string of the molecule is C[C@H](NC(=O)CN1CCC[C@@H](C(=O)O)C1)c1ccccc1Cl. The van der Waals surface area contributed by atoms with Crippen LogP contribution in [0.3, 0.4) is 0 Å². The molecule has 1 aromatic rings. The van der Waals surface area contributed by atoms with Gasteiger partial charge in [0.05, 0.1) is 18.5 Å². The lowest BCUT2D eigenvalue weighted by Crippen LogP contribution is -2.44. The molecule has 2 atom stereocenters. The Labute approximate surface area is 135 Å². The smallest absolute Gasteiger partial charge is 0.307 e. The number of halogens is 1. The molecule has 5 nitrogen and oxygen atoms in total. The van der Waals surface area contributed by atoms with E-state index in [1.807, 2.05) is 30.0 Å². The zero-order chi connectivity index (χ0) is 16.1. The number of likely N-dealkylation sites (tertiary alicyclic amines) is 1. The second kappa shape index (κ2) is 7.61. The van der Waals surface area contributed by atoms with Crippen LogP contribution >= 0.6 is 11.6 Å². The minimum absolute atomic E-state index is 0.113. The van der Waals surface area contributed by atoms with Gasteiger partial charge in [0.25, 0.3) is 0 Å². The van der Waals surface area contributed by atoms with Crippen LogP contribution in [0, 0.1) is 5.92 Å². The highest BCUT2D eigenvalue weighted by Crippen LogP contribution is 2.22. The minimum atomic E-state index is -0.783. The summed E-state index contributed by atoms with van der Waals surface area (Å²) >= 11 is 6.12. The van der Waals surface area contributed by atoms with Crippen LogP contribution in [0.15, 0.2) is 24.3 Å². The third-order valence-electron chi connectivity index (χ3n) is 3.97. The normalized spacial score (nSPS) is 20.4. The van der Waals surface area contributed by atoms with Crippen LogP contribution in [0.25, 0.3) is 0 Å². The van der Waals surface area contributed by atoms with E-state index < -0.39 is 5.97 Å². The van der Waals surface area contributed by atoms with Crippen LogP contribution in [0.4, 0.5) is 0 Å². The van der Waals surface area contributed by atoms with E-state index in [0.29, 0.717) is 18.0 Å². The first-order chi connectivity index (χ1) is 10.5. The van der Waals surface area contributed by atoms with Gasteiger partial charge in [-0.1, -0.05) is 29.8 Å². The fraction of sp³-hybridized carbons (Fsp3) is 0.500. The topological polar surface area (TPSA) is 69.6 Å². The molecule has 1 heterocycles. The maximum atomic E-state index is 12.1. The number of carbonyl (C=O) groups excluding carboxylic acids is 1. The van der Waals surface area contributed by atoms with Gasteiger partial charge in [0.1, 0.15) is 0 Å². The van der Waals surface area contributed by atoms with Crippen LogP contribution in [-0.4, -0.2) is 41.5 Å². The number of nitrogens with zero attached hydrogens (tertiary/aromatic N) is 1. The Morgan fingerprint density at radius 3 is 2.86 bits per heavy atom. The van der Waals surface area contributed by atoms with E-state index >= 15 is 0 Å². The van der Waals surface area contributed by atoms with E-state index in [1.54, 1.807) is 6.07 Å². The van der Waals surface area contributed by atoms with Crippen molar-refractivity contribution in [3.8, 4) is 0 Å². The molecule has 0 aliphatic carbocycles. The van der Waals surface area contributed by atoms with Crippen LogP contribution in [0.1, 0.15) is 31.4 Å². The van der Waals surface area contributed by atoms with Crippen molar-refractivity contribution >= 4 is 23.5 Å². The van der Waals surface area contributed by atoms with Gasteiger partial charge in [0.2, 0.25) is 5.91 Å². The number of amides is 1. The highest BCUT2D eigenvalue weighted by Gasteiger charge is 2.26. The first-order valence-corrected chi connectivity index (χ1v) is 7.84. The molecule has 2 rings (SSSR count). The third-order valence-corrected chi connectivity index (χ3v) is 4.32. The minimum Gasteiger partial charge on any atom is -0.481 e. The molecule has 1 aliphatic rings. The van der Waals surface area contributed by atoms with Crippen LogP contribution < -0.4 is 5.32 Å². The predicted molar refractivity (Wildman–Crippen MR) is 84.8 cm³/mol. The standard InChI is InChI=1S/C16H21ClN2O3/c1-11(13-6-2-3-7-14(13)17)18-15(20)10-19-8-4-5-12(9-19)16(21)22/h2-3,6-7,11-12H,4-5,8-10H2,1H3,(H,18,20)(H,21,22)/t11-,12+/m0/s1. The molecule has 1 amide bonds. The number of aliphatic carboxylic acids is 1. The molecule has 1 aliphatic heterocycles. The molecule has 22 heavy (non-hydrogen) atoms. The van der Waals surface area contributed by atoms with Crippen molar-refractivity contribution in [2.45, 2.75) is 25.8 Å². The molecule has 1 fully saturated rings. The fourth-order valence-electron chi connectivity index (χ4n) is 2.79. The zero-order valence-corrected chi connectivity index (χ0v) is 13.3. The summed E-state index contributed by atoms with van der Waals surface area (Å²) in [5.41, 5.74) is 0.875. The molecule has 1 saturated heterocycles. The quantitative estimate of drug-likeness (QED) is 0.872. The van der Waals surface area contributed by atoms with E-state index in [2.05, 4.69) is 5.32 Å². The fourth-order valence-corrected chi connectivity index (χ4v) is 3.09. The number of piperidine rings is 1. The van der Waals surface area contributed by atoms with Crippen molar-refractivity contribution in [2.75, 3.05) is 19.6 Å². The van der Waals surface area contributed by atoms with Gasteiger partial charge in [-0.15, -0.1) is 0 Å². The van der Waals surface area contributed by atoms with Crippen LogP contribution in [0.5, 0.6) is 0 Å². The van der Waals surface area contributed by atoms with Crippen LogP contribution in [0.2, 0.25) is 5.02 Å². The molecule has 0 radical (unpaired) electrons. The maximum absolute atomic E-state index is 12.1. The largest absolute Gasteiger partial charge is 0.481 e. The van der Waals surface area contributed by atoms with Crippen molar-refractivity contribution < 1.29 is 14.7 Å². The van der Waals surface area contributed by atoms with Crippen molar-refractivity contribution in [3.63, 3.8) is 0 Å². The first kappa shape index (κ1) is 16.8. The van der Waals surface area contributed by atoms with Crippen molar-refractivity contribution in [2.24, 2.45) is 5.92 Å². The molecular weight excluding hydrogens is 304 g/mol. The van der Waals surface area contributed by atoms with E-state index in [9.17, 15) is 9.59 Å². The second-order valence-corrected chi connectivity index (χ2v) is 6.13. The summed E-state index contributed by atoms with van der Waals surface area (Å²) in [6.45, 7) is 3.30. The number of benzene rings is 1. The number of carboxylic acid groups (broad SMARTS) is 1. The van der Waals surface area contributed by atoms with Gasteiger partial charge in [-0.05, 0) is 37.9 Å². The first-order valence-electron chi connectivity index (χ1n) is 7.46. The number of carboxylic acids is 1. The van der Waals surface area contributed by atoms with Gasteiger partial charge in [-0.2, -0.15) is 0 Å². The highest BCUT2D eigenvalue weighted by atomic mass is 35.5. The van der Waals surface area contributed by atoms with E-state index in [1.165, 1.54) is 0 Å². The Balaban J connectivity index is 1.87. The summed E-state index contributed by atoms with van der Waals surface area (Å²) in [7, 11) is 0. The number of carbonyl (C=O) groups is 2. The average Bonchev–Trinajstić information content (AvgIpc) is 2.47. The molecule has 120 valence electrons. The summed E-state index contributed by atoms with van der Waals surface area (Å²) in [4.78, 5) is 25.1. The highest BCUT2D eigenvalue weighted by molar-refractivity contribution is 6.31. The van der Waals surface area contributed by atoms with Gasteiger partial charge >= 0.3 is 5.97 Å². The van der Waals surface area contributed by atoms with Gasteiger partial charge in [0, 0.05) is 11.6 Å². The molecule has 1 aromatic carbocycles. The summed E-state index contributed by atoms with van der Waals surface area (Å²) in [6.07, 6.45) is 1.49. The Kier molecular flexibility index (Phi) is 5.80. The van der Waals surface area contributed by atoms with Crippen LogP contribution in [-0.2, 0) is 9.59 Å². The number of nitrogens with one attached hydrogen (secondary N) is 1. The molecule has 0 aromatic heterocycles. The average molecular weight is 325 g/mol. The molecule has 0 bridgehead atoms. The molecule has 0 saturated carbocycles. The monoisotopic (exact) mass is 324 g/mol. The van der Waals surface area contributed by atoms with Crippen molar-refractivity contribution in [3.05, 3.63) is 34.9 Å². The van der Waals surface area contributed by atoms with Crippen molar-refractivity contribution in [1.29, 1.82) is 0 Å². The third kappa shape index (κ3) is 4.45. The van der Waals surface area contributed by atoms with Gasteiger partial charge < -0.3 is 10.4 Å². The Morgan fingerprint density at radius 1 is 1.45 bits per heavy atom. The van der Waals surface area contributed by atoms with Gasteiger partial charge in [-0.3, -0.25) is 14.5 Å². The summed E-state index contributed by atoms with van der Waals surface area (Å²) < 4.78 is 0. The van der Waals surface area contributed by atoms with Gasteiger partial charge in [0.15, 0.2) is 0 Å². The summed E-state index contributed by atoms with van der Waals surface area (Å²) in [5.74, 6) is -1.27. The number of rotatable bonds is 5. The van der Waals surface area contributed by atoms with Crippen molar-refractivity contribution in [1.82, 2.24) is 10.2 Å². The summed E-state index contributed by atoms with van der Waals surface area (Å²) in [6, 6.07) is 7.23. The Bertz CT molecular complexity index is 550. The lowest BCUT2D eigenvalue weighted by Gasteiger charge is -2.30. The molecule has 0 unspecified atom stereocenters. The number of hydrogen-bond donors (Lipinski definition) is 2. The Morgan fingerprint density at radius 2 is 2.18 bits per heavy atom. The second-order valence-electron chi connectivity index (χ2n) is 5.72. The molecule has 6 heteroatoms. The molecular formula is C16H21ClN2O3. The lowest BCUT2D eigenvalue weighted by atomic mass is 9.98. The summed E-state index contributed by atoms with van der Waals surface area (Å²) in [5, 5.41) is 12.6. The molecule has 0 spiro atoms. The predicted octanol–water partition coefficient (Wildman–Crippen LogP) is 2.31. The van der Waals surface area contributed by atoms with E-state index in [0.717, 1.165) is 18.5 Å². The zero-order valence-electron chi connectivity index (χ0n) is 12.6. The maximum Gasteiger partial charge on any atom is 0.307 e. The Hall–Kier alpha value is -1.59.